The molecule has 0 aromatic carbocycles. The number of unbranched alkanes of at least 4 members (excludes halogenated alkanes) is 30. The first-order chi connectivity index (χ1) is 40.0. The summed E-state index contributed by atoms with van der Waals surface area (Å²) in [6.45, 7) is 6.35. The van der Waals surface area contributed by atoms with Crippen LogP contribution in [-0.4, -0.2) is 37.2 Å². The molecular formula is C75H126O6. The summed E-state index contributed by atoms with van der Waals surface area (Å²) >= 11 is 0. The van der Waals surface area contributed by atoms with E-state index in [-0.39, 0.29) is 31.1 Å². The minimum Gasteiger partial charge on any atom is -0.462 e. The standard InChI is InChI=1S/C75H126O6/c1-4-7-10-13-16-19-22-25-27-29-31-32-33-34-35-36-37-38-39-40-41-42-44-45-47-50-53-56-59-62-65-68-74(77)80-71-72(70-79-73(76)67-64-61-58-55-52-49-24-21-18-15-12-9-6-3)81-75(78)69-66-63-60-57-54-51-48-46-43-30-28-26-23-20-17-14-11-8-5-2/h7-8,10-12,15-17,19-21,24-28,31-32,43,46,72H,4-6,9,13-14,18,22-23,29-30,33-42,44-45,47-71H2,1-3H3/b10-7-,11-8-,15-12-,19-16-,20-17-,24-21-,27-25-,28-26-,32-31-,46-43-. The lowest BCUT2D eigenvalue weighted by Crippen LogP contribution is -2.30. The molecule has 0 saturated heterocycles. The second-order valence-electron chi connectivity index (χ2n) is 22.3. The first-order valence-electron chi connectivity index (χ1n) is 34.0. The molecule has 0 saturated carbocycles. The van der Waals surface area contributed by atoms with Crippen molar-refractivity contribution in [2.45, 2.75) is 322 Å². The van der Waals surface area contributed by atoms with Crippen LogP contribution in [0.1, 0.15) is 316 Å². The normalized spacial score (nSPS) is 12.9. The van der Waals surface area contributed by atoms with Crippen LogP contribution >= 0.6 is 0 Å². The van der Waals surface area contributed by atoms with Gasteiger partial charge < -0.3 is 14.2 Å². The molecule has 462 valence electrons. The zero-order valence-electron chi connectivity index (χ0n) is 53.0. The molecule has 0 aromatic rings. The maximum atomic E-state index is 12.9. The molecule has 0 N–H and O–H groups in total. The molecule has 0 spiro atoms. The van der Waals surface area contributed by atoms with Crippen LogP contribution in [0.5, 0.6) is 0 Å². The van der Waals surface area contributed by atoms with E-state index in [4.69, 9.17) is 14.2 Å². The smallest absolute Gasteiger partial charge is 0.306 e. The zero-order chi connectivity index (χ0) is 58.5. The fourth-order valence-corrected chi connectivity index (χ4v) is 9.41. The number of carbonyl (C=O) groups excluding carboxylic acids is 3. The molecule has 6 nitrogen and oxygen atoms in total. The number of rotatable bonds is 61. The maximum absolute atomic E-state index is 12.9. The van der Waals surface area contributed by atoms with Crippen molar-refractivity contribution in [1.29, 1.82) is 0 Å². The topological polar surface area (TPSA) is 78.9 Å². The molecule has 0 aliphatic rings. The summed E-state index contributed by atoms with van der Waals surface area (Å²) in [5.41, 5.74) is 0. The Labute approximate surface area is 501 Å². The molecule has 0 rings (SSSR count). The lowest BCUT2D eigenvalue weighted by molar-refractivity contribution is -0.167. The molecule has 1 unspecified atom stereocenters. The van der Waals surface area contributed by atoms with Crippen molar-refractivity contribution in [2.75, 3.05) is 13.2 Å². The van der Waals surface area contributed by atoms with Gasteiger partial charge in [-0.2, -0.15) is 0 Å². The molecule has 6 heteroatoms. The highest BCUT2D eigenvalue weighted by Crippen LogP contribution is 2.17. The molecular weight excluding hydrogens is 997 g/mol. The lowest BCUT2D eigenvalue weighted by atomic mass is 10.0. The van der Waals surface area contributed by atoms with Crippen molar-refractivity contribution in [3.05, 3.63) is 122 Å². The minimum absolute atomic E-state index is 0.0881. The molecule has 81 heavy (non-hydrogen) atoms. The third kappa shape index (κ3) is 66.5. The first-order valence-corrected chi connectivity index (χ1v) is 34.0. The fraction of sp³-hybridized carbons (Fsp3) is 0.693. The number of hydrogen-bond acceptors (Lipinski definition) is 6. The summed E-state index contributed by atoms with van der Waals surface area (Å²) in [6.07, 6.45) is 95.1. The van der Waals surface area contributed by atoms with Gasteiger partial charge in [0.25, 0.3) is 0 Å². The van der Waals surface area contributed by atoms with Crippen molar-refractivity contribution in [2.24, 2.45) is 0 Å². The average Bonchev–Trinajstić information content (AvgIpc) is 3.46. The van der Waals surface area contributed by atoms with Crippen molar-refractivity contribution in [3.8, 4) is 0 Å². The van der Waals surface area contributed by atoms with Gasteiger partial charge in [0.05, 0.1) is 0 Å². The monoisotopic (exact) mass is 1120 g/mol. The maximum Gasteiger partial charge on any atom is 0.306 e. The van der Waals surface area contributed by atoms with E-state index in [1.165, 1.54) is 122 Å². The third-order valence-corrected chi connectivity index (χ3v) is 14.4. The lowest BCUT2D eigenvalue weighted by Gasteiger charge is -2.18. The summed E-state index contributed by atoms with van der Waals surface area (Å²) in [7, 11) is 0. The Kier molecular flexibility index (Phi) is 64.8. The van der Waals surface area contributed by atoms with Gasteiger partial charge in [-0.15, -0.1) is 0 Å². The van der Waals surface area contributed by atoms with Crippen LogP contribution in [0.15, 0.2) is 122 Å². The van der Waals surface area contributed by atoms with E-state index in [9.17, 15) is 14.4 Å². The van der Waals surface area contributed by atoms with E-state index >= 15 is 0 Å². The average molecular weight is 1120 g/mol. The third-order valence-electron chi connectivity index (χ3n) is 14.4. The van der Waals surface area contributed by atoms with Crippen LogP contribution in [0.25, 0.3) is 0 Å². The van der Waals surface area contributed by atoms with Gasteiger partial charge >= 0.3 is 17.9 Å². The van der Waals surface area contributed by atoms with E-state index < -0.39 is 6.10 Å². The summed E-state index contributed by atoms with van der Waals surface area (Å²) in [6, 6.07) is 0. The van der Waals surface area contributed by atoms with Gasteiger partial charge in [-0.3, -0.25) is 14.4 Å². The summed E-state index contributed by atoms with van der Waals surface area (Å²) < 4.78 is 16.9. The highest BCUT2D eigenvalue weighted by atomic mass is 16.6. The predicted molar refractivity (Wildman–Crippen MR) is 353 cm³/mol. The van der Waals surface area contributed by atoms with Crippen LogP contribution < -0.4 is 0 Å². The van der Waals surface area contributed by atoms with E-state index in [2.05, 4.69) is 142 Å². The summed E-state index contributed by atoms with van der Waals surface area (Å²) in [5, 5.41) is 0. The van der Waals surface area contributed by atoms with Crippen molar-refractivity contribution < 1.29 is 28.6 Å². The van der Waals surface area contributed by atoms with Crippen molar-refractivity contribution >= 4 is 17.9 Å². The zero-order valence-corrected chi connectivity index (χ0v) is 53.0. The SMILES string of the molecule is CC/C=C\C/C=C\C/C=C\C/C=C\CCCCCCCCCCCCCCCCCCCCC(=O)OCC(COC(=O)CCCCCCC/C=C\C/C=C\CCC)OC(=O)CCCCCCCC/C=C\C/C=C\C/C=C\C/C=C\CC. The Hall–Kier alpha value is -4.19. The highest BCUT2D eigenvalue weighted by Gasteiger charge is 2.19. The fourth-order valence-electron chi connectivity index (χ4n) is 9.41. The number of esters is 3. The molecule has 1 atom stereocenters. The molecule has 0 aromatic heterocycles. The molecule has 0 amide bonds. The number of allylic oxidation sites excluding steroid dienone is 20. The van der Waals surface area contributed by atoms with Gasteiger partial charge in [0, 0.05) is 19.3 Å². The van der Waals surface area contributed by atoms with Gasteiger partial charge in [0.1, 0.15) is 13.2 Å². The Morgan fingerprint density at radius 1 is 0.259 bits per heavy atom. The van der Waals surface area contributed by atoms with Crippen molar-refractivity contribution in [1.82, 2.24) is 0 Å². The van der Waals surface area contributed by atoms with Crippen LogP contribution in [-0.2, 0) is 28.6 Å². The molecule has 0 aliphatic carbocycles. The molecule has 0 heterocycles. The van der Waals surface area contributed by atoms with Gasteiger partial charge in [-0.05, 0) is 122 Å². The van der Waals surface area contributed by atoms with Gasteiger partial charge in [0.2, 0.25) is 0 Å². The quantitative estimate of drug-likeness (QED) is 0.0261. The molecule has 0 radical (unpaired) electrons. The van der Waals surface area contributed by atoms with Gasteiger partial charge in [-0.25, -0.2) is 0 Å². The van der Waals surface area contributed by atoms with Crippen LogP contribution in [0.2, 0.25) is 0 Å². The van der Waals surface area contributed by atoms with Crippen molar-refractivity contribution in [3.63, 3.8) is 0 Å². The first kappa shape index (κ1) is 76.8. The van der Waals surface area contributed by atoms with E-state index in [1.54, 1.807) is 0 Å². The number of hydrogen-bond donors (Lipinski definition) is 0. The summed E-state index contributed by atoms with van der Waals surface area (Å²) in [5.74, 6) is -0.908. The Morgan fingerprint density at radius 2 is 0.481 bits per heavy atom. The van der Waals surface area contributed by atoms with Crippen LogP contribution in [0.4, 0.5) is 0 Å². The Balaban J connectivity index is 4.24. The summed E-state index contributed by atoms with van der Waals surface area (Å²) in [4.78, 5) is 38.4. The second kappa shape index (κ2) is 68.3. The van der Waals surface area contributed by atoms with Gasteiger partial charge in [-0.1, -0.05) is 296 Å². The highest BCUT2D eigenvalue weighted by molar-refractivity contribution is 5.71. The largest absolute Gasteiger partial charge is 0.462 e. The minimum atomic E-state index is -0.794. The van der Waals surface area contributed by atoms with Gasteiger partial charge in [0.15, 0.2) is 6.10 Å². The Morgan fingerprint density at radius 3 is 0.753 bits per heavy atom. The van der Waals surface area contributed by atoms with E-state index in [0.29, 0.717) is 19.3 Å². The molecule has 0 fully saturated rings. The van der Waals surface area contributed by atoms with E-state index in [1.807, 2.05) is 0 Å². The van der Waals surface area contributed by atoms with Crippen LogP contribution in [0, 0.1) is 0 Å². The van der Waals surface area contributed by atoms with E-state index in [0.717, 1.165) is 154 Å². The number of carbonyl (C=O) groups is 3. The Bertz CT molecular complexity index is 1670. The number of ether oxygens (including phenoxy) is 3. The predicted octanol–water partition coefficient (Wildman–Crippen LogP) is 23.6. The molecule has 0 aliphatic heterocycles. The molecule has 0 bridgehead atoms. The van der Waals surface area contributed by atoms with Crippen LogP contribution in [0.3, 0.4) is 0 Å². The second-order valence-corrected chi connectivity index (χ2v) is 22.3.